The Bertz CT molecular complexity index is 581. The van der Waals surface area contributed by atoms with Gasteiger partial charge < -0.3 is 19.4 Å². The molecule has 0 saturated carbocycles. The minimum atomic E-state index is 0.440. The SMILES string of the molecule is COc1ccnc(Cn2cnc(CNC(C)C)c2)c1OC. The molecule has 21 heavy (non-hydrogen) atoms. The van der Waals surface area contributed by atoms with Crippen LogP contribution in [0.1, 0.15) is 25.2 Å². The van der Waals surface area contributed by atoms with Gasteiger partial charge >= 0.3 is 0 Å². The van der Waals surface area contributed by atoms with Gasteiger partial charge in [0.05, 0.1) is 32.8 Å². The van der Waals surface area contributed by atoms with Gasteiger partial charge in [0.25, 0.3) is 0 Å². The molecule has 0 saturated heterocycles. The van der Waals surface area contributed by atoms with E-state index in [1.54, 1.807) is 32.8 Å². The third kappa shape index (κ3) is 3.95. The van der Waals surface area contributed by atoms with Crippen molar-refractivity contribution in [2.75, 3.05) is 14.2 Å². The molecule has 0 bridgehead atoms. The molecular weight excluding hydrogens is 268 g/mol. The van der Waals surface area contributed by atoms with Crippen molar-refractivity contribution in [1.82, 2.24) is 19.9 Å². The van der Waals surface area contributed by atoms with Gasteiger partial charge in [-0.15, -0.1) is 0 Å². The van der Waals surface area contributed by atoms with E-state index in [1.165, 1.54) is 0 Å². The first kappa shape index (κ1) is 15.3. The fraction of sp³-hybridized carbons (Fsp3) is 0.467. The molecule has 6 heteroatoms. The van der Waals surface area contributed by atoms with Crippen molar-refractivity contribution in [2.45, 2.75) is 33.0 Å². The second-order valence-electron chi connectivity index (χ2n) is 5.07. The van der Waals surface area contributed by atoms with Gasteiger partial charge in [0.15, 0.2) is 11.5 Å². The van der Waals surface area contributed by atoms with Gasteiger partial charge in [-0.05, 0) is 0 Å². The van der Waals surface area contributed by atoms with Crippen molar-refractivity contribution < 1.29 is 9.47 Å². The van der Waals surface area contributed by atoms with Crippen LogP contribution in [0.4, 0.5) is 0 Å². The molecule has 114 valence electrons. The Morgan fingerprint density at radius 2 is 2.05 bits per heavy atom. The number of rotatable bonds is 7. The predicted octanol–water partition coefficient (Wildman–Crippen LogP) is 1.84. The number of hydrogen-bond donors (Lipinski definition) is 1. The molecule has 0 aliphatic carbocycles. The van der Waals surface area contributed by atoms with Crippen LogP contribution in [-0.2, 0) is 13.1 Å². The molecule has 0 aliphatic rings. The molecule has 6 nitrogen and oxygen atoms in total. The Balaban J connectivity index is 2.11. The van der Waals surface area contributed by atoms with Crippen LogP contribution in [0, 0.1) is 0 Å². The number of hydrogen-bond acceptors (Lipinski definition) is 5. The number of aromatic nitrogens is 3. The summed E-state index contributed by atoms with van der Waals surface area (Å²) in [6.45, 7) is 5.58. The fourth-order valence-corrected chi connectivity index (χ4v) is 2.03. The first-order valence-electron chi connectivity index (χ1n) is 6.94. The number of pyridine rings is 1. The van der Waals surface area contributed by atoms with Gasteiger partial charge in [-0.1, -0.05) is 13.8 Å². The monoisotopic (exact) mass is 290 g/mol. The quantitative estimate of drug-likeness (QED) is 0.843. The average molecular weight is 290 g/mol. The molecule has 0 spiro atoms. The Morgan fingerprint density at radius 3 is 2.71 bits per heavy atom. The molecule has 0 atom stereocenters. The first-order valence-corrected chi connectivity index (χ1v) is 6.94. The lowest BCUT2D eigenvalue weighted by Gasteiger charge is -2.11. The van der Waals surface area contributed by atoms with Gasteiger partial charge in [-0.25, -0.2) is 4.98 Å². The van der Waals surface area contributed by atoms with E-state index in [1.807, 2.05) is 10.8 Å². The van der Waals surface area contributed by atoms with Gasteiger partial charge in [0, 0.05) is 31.0 Å². The molecule has 0 amide bonds. The predicted molar refractivity (Wildman–Crippen MR) is 80.6 cm³/mol. The van der Waals surface area contributed by atoms with Crippen LogP contribution in [0.25, 0.3) is 0 Å². The lowest BCUT2D eigenvalue weighted by Crippen LogP contribution is -2.21. The zero-order valence-corrected chi connectivity index (χ0v) is 13.0. The summed E-state index contributed by atoms with van der Waals surface area (Å²) in [7, 11) is 3.24. The molecule has 2 aromatic heterocycles. The van der Waals surface area contributed by atoms with Gasteiger partial charge in [-0.3, -0.25) is 4.98 Å². The molecule has 0 fully saturated rings. The molecule has 2 rings (SSSR count). The van der Waals surface area contributed by atoms with Crippen molar-refractivity contribution in [3.8, 4) is 11.5 Å². The Morgan fingerprint density at radius 1 is 1.24 bits per heavy atom. The summed E-state index contributed by atoms with van der Waals surface area (Å²) in [5.41, 5.74) is 1.82. The second kappa shape index (κ2) is 7.08. The van der Waals surface area contributed by atoms with Crippen molar-refractivity contribution in [3.63, 3.8) is 0 Å². The number of ether oxygens (including phenoxy) is 2. The van der Waals surface area contributed by atoms with Crippen LogP contribution >= 0.6 is 0 Å². The zero-order valence-electron chi connectivity index (χ0n) is 13.0. The number of methoxy groups -OCH3 is 2. The standard InChI is InChI=1S/C15H22N4O2/c1-11(2)17-7-12-8-19(10-18-12)9-13-15(21-4)14(20-3)5-6-16-13/h5-6,8,10-11,17H,7,9H2,1-4H3. The maximum absolute atomic E-state index is 5.39. The lowest BCUT2D eigenvalue weighted by molar-refractivity contribution is 0.348. The average Bonchev–Trinajstić information content (AvgIpc) is 2.92. The maximum atomic E-state index is 5.39. The molecule has 0 unspecified atom stereocenters. The largest absolute Gasteiger partial charge is 0.493 e. The van der Waals surface area contributed by atoms with E-state index in [2.05, 4.69) is 29.1 Å². The maximum Gasteiger partial charge on any atom is 0.184 e. The van der Waals surface area contributed by atoms with E-state index in [4.69, 9.17) is 9.47 Å². The van der Waals surface area contributed by atoms with Crippen molar-refractivity contribution in [3.05, 3.63) is 36.2 Å². The van der Waals surface area contributed by atoms with E-state index < -0.39 is 0 Å². The Kier molecular flexibility index (Phi) is 5.16. The minimum Gasteiger partial charge on any atom is -0.493 e. The summed E-state index contributed by atoms with van der Waals surface area (Å²) in [6, 6.07) is 2.23. The van der Waals surface area contributed by atoms with E-state index in [-0.39, 0.29) is 0 Å². The van der Waals surface area contributed by atoms with Crippen molar-refractivity contribution >= 4 is 0 Å². The highest BCUT2D eigenvalue weighted by Crippen LogP contribution is 2.29. The first-order chi connectivity index (χ1) is 10.1. The van der Waals surface area contributed by atoms with E-state index in [0.717, 1.165) is 17.9 Å². The topological polar surface area (TPSA) is 61.2 Å². The van der Waals surface area contributed by atoms with Gasteiger partial charge in [0.1, 0.15) is 5.69 Å². The Labute approximate surface area is 125 Å². The summed E-state index contributed by atoms with van der Waals surface area (Å²) >= 11 is 0. The summed E-state index contributed by atoms with van der Waals surface area (Å²) < 4.78 is 12.7. The normalized spacial score (nSPS) is 10.9. The Hall–Kier alpha value is -2.08. The molecule has 0 aliphatic heterocycles. The highest BCUT2D eigenvalue weighted by molar-refractivity contribution is 5.42. The lowest BCUT2D eigenvalue weighted by atomic mass is 10.3. The smallest absolute Gasteiger partial charge is 0.184 e. The molecule has 2 heterocycles. The van der Waals surface area contributed by atoms with Crippen molar-refractivity contribution in [1.29, 1.82) is 0 Å². The fourth-order valence-electron chi connectivity index (χ4n) is 2.03. The number of imidazole rings is 1. The van der Waals surface area contributed by atoms with Gasteiger partial charge in [-0.2, -0.15) is 0 Å². The molecule has 1 N–H and O–H groups in total. The van der Waals surface area contributed by atoms with Crippen molar-refractivity contribution in [2.24, 2.45) is 0 Å². The summed E-state index contributed by atoms with van der Waals surface area (Å²) in [4.78, 5) is 8.75. The molecular formula is C15H22N4O2. The van der Waals surface area contributed by atoms with Crippen LogP contribution in [-0.4, -0.2) is 34.8 Å². The van der Waals surface area contributed by atoms with Crippen LogP contribution in [0.3, 0.4) is 0 Å². The summed E-state index contributed by atoms with van der Waals surface area (Å²) in [5, 5.41) is 3.34. The summed E-state index contributed by atoms with van der Waals surface area (Å²) in [6.07, 6.45) is 5.53. The molecule has 0 aromatic carbocycles. The van der Waals surface area contributed by atoms with Gasteiger partial charge in [0.2, 0.25) is 0 Å². The third-order valence-corrected chi connectivity index (χ3v) is 3.08. The summed E-state index contributed by atoms with van der Waals surface area (Å²) in [5.74, 6) is 1.35. The third-order valence-electron chi connectivity index (χ3n) is 3.08. The van der Waals surface area contributed by atoms with Crippen LogP contribution < -0.4 is 14.8 Å². The van der Waals surface area contributed by atoms with Crippen LogP contribution in [0.2, 0.25) is 0 Å². The van der Waals surface area contributed by atoms with E-state index in [9.17, 15) is 0 Å². The second-order valence-corrected chi connectivity index (χ2v) is 5.07. The number of nitrogens with zero attached hydrogens (tertiary/aromatic N) is 3. The highest BCUT2D eigenvalue weighted by atomic mass is 16.5. The van der Waals surface area contributed by atoms with E-state index in [0.29, 0.717) is 24.1 Å². The highest BCUT2D eigenvalue weighted by Gasteiger charge is 2.11. The zero-order chi connectivity index (χ0) is 15.2. The molecule has 2 aromatic rings. The van der Waals surface area contributed by atoms with E-state index >= 15 is 0 Å². The molecule has 0 radical (unpaired) electrons. The van der Waals surface area contributed by atoms with Crippen LogP contribution in [0.15, 0.2) is 24.8 Å². The minimum absolute atomic E-state index is 0.440. The van der Waals surface area contributed by atoms with Crippen LogP contribution in [0.5, 0.6) is 11.5 Å². The number of nitrogens with one attached hydrogen (secondary N) is 1.